The van der Waals surface area contributed by atoms with E-state index in [9.17, 15) is 4.79 Å². The van der Waals surface area contributed by atoms with Gasteiger partial charge in [0, 0.05) is 42.5 Å². The van der Waals surface area contributed by atoms with E-state index in [-0.39, 0.29) is 11.9 Å². The summed E-state index contributed by atoms with van der Waals surface area (Å²) >= 11 is 0. The number of rotatable bonds is 8. The van der Waals surface area contributed by atoms with Crippen LogP contribution in [-0.4, -0.2) is 38.8 Å². The molecule has 0 spiro atoms. The van der Waals surface area contributed by atoms with E-state index in [4.69, 9.17) is 4.74 Å². The van der Waals surface area contributed by atoms with E-state index in [1.807, 2.05) is 59.3 Å². The first-order valence-corrected chi connectivity index (χ1v) is 10.3. The normalized spacial score (nSPS) is 12.7. The van der Waals surface area contributed by atoms with Gasteiger partial charge in [-0.05, 0) is 42.7 Å². The summed E-state index contributed by atoms with van der Waals surface area (Å²) in [7, 11) is 1.69. The maximum Gasteiger partial charge on any atom is 0.252 e. The molecule has 0 aliphatic carbocycles. The van der Waals surface area contributed by atoms with Crippen LogP contribution in [0.2, 0.25) is 0 Å². The molecule has 156 valence electrons. The highest BCUT2D eigenvalue weighted by atomic mass is 16.5. The van der Waals surface area contributed by atoms with Crippen molar-refractivity contribution in [3.63, 3.8) is 0 Å². The van der Waals surface area contributed by atoms with Crippen molar-refractivity contribution in [3.05, 3.63) is 66.2 Å². The number of pyridine rings is 1. The summed E-state index contributed by atoms with van der Waals surface area (Å²) in [5.41, 5.74) is 2.45. The van der Waals surface area contributed by atoms with Crippen molar-refractivity contribution >= 4 is 22.5 Å². The Hall–Kier alpha value is -3.19. The molecule has 0 unspecified atom stereocenters. The van der Waals surface area contributed by atoms with Crippen molar-refractivity contribution in [2.24, 2.45) is 5.92 Å². The lowest BCUT2D eigenvalue weighted by Gasteiger charge is -2.19. The van der Waals surface area contributed by atoms with Crippen LogP contribution in [0.4, 0.5) is 0 Å². The molecule has 7 nitrogen and oxygen atoms in total. The summed E-state index contributed by atoms with van der Waals surface area (Å²) in [5, 5.41) is 12.8. The molecule has 0 aliphatic heterocycles. The highest BCUT2D eigenvalue weighted by Crippen LogP contribution is 2.24. The Morgan fingerprint density at radius 1 is 1.10 bits per heavy atom. The fourth-order valence-corrected chi connectivity index (χ4v) is 3.84. The van der Waals surface area contributed by atoms with Crippen molar-refractivity contribution < 1.29 is 9.53 Å². The Kier molecular flexibility index (Phi) is 5.81. The summed E-state index contributed by atoms with van der Waals surface area (Å²) in [6, 6.07) is 13.4. The molecular weight excluding hydrogens is 378 g/mol. The van der Waals surface area contributed by atoms with Gasteiger partial charge in [-0.25, -0.2) is 0 Å². The third-order valence-corrected chi connectivity index (χ3v) is 5.26. The van der Waals surface area contributed by atoms with E-state index in [1.54, 1.807) is 7.11 Å². The Morgan fingerprint density at radius 2 is 1.97 bits per heavy atom. The van der Waals surface area contributed by atoms with E-state index < -0.39 is 0 Å². The van der Waals surface area contributed by atoms with Crippen LogP contribution in [0.25, 0.3) is 16.6 Å². The molecule has 4 rings (SSSR count). The quantitative estimate of drug-likeness (QED) is 0.483. The lowest BCUT2D eigenvalue weighted by Crippen LogP contribution is -2.31. The van der Waals surface area contributed by atoms with E-state index >= 15 is 0 Å². The Morgan fingerprint density at radius 3 is 2.77 bits per heavy atom. The third kappa shape index (κ3) is 3.93. The number of amides is 1. The van der Waals surface area contributed by atoms with E-state index in [0.29, 0.717) is 18.1 Å². The fraction of sp³-hybridized carbons (Fsp3) is 0.348. The summed E-state index contributed by atoms with van der Waals surface area (Å²) < 4.78 is 9.24. The highest BCUT2D eigenvalue weighted by molar-refractivity contribution is 6.06. The van der Waals surface area contributed by atoms with Crippen LogP contribution in [-0.2, 0) is 11.3 Å². The summed E-state index contributed by atoms with van der Waals surface area (Å²) in [5.74, 6) is 1.03. The second-order valence-corrected chi connectivity index (χ2v) is 7.88. The molecule has 1 atom stereocenters. The first-order valence-electron chi connectivity index (χ1n) is 10.3. The lowest BCUT2D eigenvalue weighted by atomic mass is 10.0. The van der Waals surface area contributed by atoms with Gasteiger partial charge in [0.15, 0.2) is 11.5 Å². The van der Waals surface area contributed by atoms with Gasteiger partial charge in [-0.1, -0.05) is 26.0 Å². The van der Waals surface area contributed by atoms with Gasteiger partial charge in [-0.3, -0.25) is 9.20 Å². The summed E-state index contributed by atoms with van der Waals surface area (Å²) in [6.07, 6.45) is 4.70. The van der Waals surface area contributed by atoms with Gasteiger partial charge in [-0.2, -0.15) is 0 Å². The zero-order chi connectivity index (χ0) is 21.1. The van der Waals surface area contributed by atoms with Gasteiger partial charge >= 0.3 is 0 Å². The minimum atomic E-state index is -0.235. The number of nitrogens with one attached hydrogen (secondary N) is 1. The van der Waals surface area contributed by atoms with Crippen molar-refractivity contribution in [2.75, 3.05) is 13.7 Å². The average molecular weight is 406 g/mol. The van der Waals surface area contributed by atoms with E-state index in [2.05, 4.69) is 33.9 Å². The predicted octanol–water partition coefficient (Wildman–Crippen LogP) is 3.85. The number of hydrogen-bond donors (Lipinski definition) is 1. The van der Waals surface area contributed by atoms with Crippen LogP contribution in [0.3, 0.4) is 0 Å². The molecule has 1 amide bonds. The summed E-state index contributed by atoms with van der Waals surface area (Å²) in [6.45, 7) is 5.64. The van der Waals surface area contributed by atoms with Gasteiger partial charge < -0.3 is 14.6 Å². The predicted molar refractivity (Wildman–Crippen MR) is 116 cm³/mol. The second-order valence-electron chi connectivity index (χ2n) is 7.88. The SMILES string of the molecule is COCCn1ccc2c(C(=O)N[C@@H](CC(C)C)c3nnc4ccccn34)cccc21. The van der Waals surface area contributed by atoms with E-state index in [0.717, 1.165) is 35.3 Å². The highest BCUT2D eigenvalue weighted by Gasteiger charge is 2.23. The largest absolute Gasteiger partial charge is 0.383 e. The van der Waals surface area contributed by atoms with Crippen LogP contribution in [0.1, 0.15) is 42.5 Å². The van der Waals surface area contributed by atoms with Gasteiger partial charge in [0.1, 0.15) is 0 Å². The van der Waals surface area contributed by atoms with Crippen LogP contribution in [0, 0.1) is 5.92 Å². The van der Waals surface area contributed by atoms with Crippen LogP contribution in [0.5, 0.6) is 0 Å². The van der Waals surface area contributed by atoms with Crippen molar-refractivity contribution in [3.8, 4) is 0 Å². The minimum Gasteiger partial charge on any atom is -0.383 e. The van der Waals surface area contributed by atoms with Gasteiger partial charge in [0.25, 0.3) is 5.91 Å². The number of ether oxygens (including phenoxy) is 1. The molecule has 0 aliphatic rings. The van der Waals surface area contributed by atoms with Crippen molar-refractivity contribution in [1.82, 2.24) is 24.5 Å². The lowest BCUT2D eigenvalue weighted by molar-refractivity contribution is 0.0931. The molecule has 0 saturated carbocycles. The third-order valence-electron chi connectivity index (χ3n) is 5.26. The smallest absolute Gasteiger partial charge is 0.252 e. The number of carbonyl (C=O) groups is 1. The molecule has 0 bridgehead atoms. The maximum atomic E-state index is 13.3. The average Bonchev–Trinajstić information content (AvgIpc) is 3.35. The zero-order valence-corrected chi connectivity index (χ0v) is 17.6. The molecule has 7 heteroatoms. The Balaban J connectivity index is 1.65. The molecule has 0 fully saturated rings. The van der Waals surface area contributed by atoms with Crippen LogP contribution >= 0.6 is 0 Å². The van der Waals surface area contributed by atoms with Crippen LogP contribution in [0.15, 0.2) is 54.9 Å². The van der Waals surface area contributed by atoms with Crippen molar-refractivity contribution in [2.45, 2.75) is 32.9 Å². The number of methoxy groups -OCH3 is 1. The molecular formula is C23H27N5O2. The number of aromatic nitrogens is 4. The number of carbonyl (C=O) groups excluding carboxylic acids is 1. The number of hydrogen-bond acceptors (Lipinski definition) is 4. The molecule has 30 heavy (non-hydrogen) atoms. The van der Waals surface area contributed by atoms with Crippen molar-refractivity contribution in [1.29, 1.82) is 0 Å². The van der Waals surface area contributed by atoms with Gasteiger partial charge in [0.05, 0.1) is 12.6 Å². The maximum absolute atomic E-state index is 13.3. The molecule has 0 radical (unpaired) electrons. The summed E-state index contributed by atoms with van der Waals surface area (Å²) in [4.78, 5) is 13.3. The minimum absolute atomic E-state index is 0.108. The number of benzene rings is 1. The molecule has 1 aromatic carbocycles. The Bertz CT molecular complexity index is 1160. The molecule has 3 aromatic heterocycles. The number of fused-ring (bicyclic) bond motifs is 2. The second kappa shape index (κ2) is 8.67. The standard InChI is InChI=1S/C23H27N5O2/c1-16(2)15-19(22-26-25-21-9-4-5-11-28(21)22)24-23(29)18-7-6-8-20-17(18)10-12-27(20)13-14-30-3/h4-12,16,19H,13-15H2,1-3H3,(H,24,29)/t19-/m0/s1. The first kappa shape index (κ1) is 20.1. The topological polar surface area (TPSA) is 73.4 Å². The number of nitrogens with zero attached hydrogens (tertiary/aromatic N) is 4. The van der Waals surface area contributed by atoms with Crippen LogP contribution < -0.4 is 5.32 Å². The first-order chi connectivity index (χ1) is 14.6. The molecule has 3 heterocycles. The Labute approximate surface area is 175 Å². The van der Waals surface area contributed by atoms with Gasteiger partial charge in [-0.15, -0.1) is 10.2 Å². The zero-order valence-electron chi connectivity index (χ0n) is 17.6. The molecule has 4 aromatic rings. The monoisotopic (exact) mass is 405 g/mol. The molecule has 0 saturated heterocycles. The fourth-order valence-electron chi connectivity index (χ4n) is 3.84. The van der Waals surface area contributed by atoms with E-state index in [1.165, 1.54) is 0 Å². The molecule has 1 N–H and O–H groups in total. The van der Waals surface area contributed by atoms with Gasteiger partial charge in [0.2, 0.25) is 0 Å².